The molecule has 4 aromatic rings. The standard InChI is InChI=1S/C18H11NO2/c20-18(15-11-21-17-6-2-1-5-14(15)17)13-7-8-16-12(10-13)4-3-9-19-16/h1-11H. The largest absolute Gasteiger partial charge is 0.464 e. The van der Waals surface area contributed by atoms with Crippen LogP contribution in [-0.4, -0.2) is 10.8 Å². The molecule has 21 heavy (non-hydrogen) atoms. The van der Waals surface area contributed by atoms with Crippen molar-refractivity contribution in [2.24, 2.45) is 0 Å². The highest BCUT2D eigenvalue weighted by atomic mass is 16.3. The Labute approximate surface area is 120 Å². The smallest absolute Gasteiger partial charge is 0.196 e. The second kappa shape index (κ2) is 4.56. The Morgan fingerprint density at radius 2 is 1.90 bits per heavy atom. The molecule has 0 radical (unpaired) electrons. The van der Waals surface area contributed by atoms with Crippen molar-refractivity contribution in [1.82, 2.24) is 4.98 Å². The molecule has 3 heteroatoms. The summed E-state index contributed by atoms with van der Waals surface area (Å²) in [7, 11) is 0. The van der Waals surface area contributed by atoms with Crippen LogP contribution < -0.4 is 0 Å². The average molecular weight is 273 g/mol. The maximum atomic E-state index is 12.7. The van der Waals surface area contributed by atoms with Gasteiger partial charge in [-0.1, -0.05) is 24.3 Å². The van der Waals surface area contributed by atoms with Gasteiger partial charge in [0.05, 0.1) is 11.1 Å². The summed E-state index contributed by atoms with van der Waals surface area (Å²) in [4.78, 5) is 16.9. The van der Waals surface area contributed by atoms with Crippen LogP contribution in [0, 0.1) is 0 Å². The van der Waals surface area contributed by atoms with Gasteiger partial charge < -0.3 is 4.42 Å². The van der Waals surface area contributed by atoms with E-state index in [1.54, 1.807) is 12.3 Å². The fourth-order valence-corrected chi connectivity index (χ4v) is 2.53. The van der Waals surface area contributed by atoms with Gasteiger partial charge in [0, 0.05) is 22.5 Å². The Morgan fingerprint density at radius 3 is 2.86 bits per heavy atom. The highest BCUT2D eigenvalue weighted by Crippen LogP contribution is 2.24. The first-order valence-corrected chi connectivity index (χ1v) is 6.69. The van der Waals surface area contributed by atoms with E-state index in [9.17, 15) is 4.79 Å². The van der Waals surface area contributed by atoms with Crippen LogP contribution >= 0.6 is 0 Å². The van der Waals surface area contributed by atoms with Crippen molar-refractivity contribution in [3.05, 3.63) is 78.2 Å². The predicted molar refractivity (Wildman–Crippen MR) is 81.4 cm³/mol. The zero-order valence-electron chi connectivity index (χ0n) is 11.1. The van der Waals surface area contributed by atoms with E-state index >= 15 is 0 Å². The Bertz CT molecular complexity index is 969. The number of carbonyl (C=O) groups is 1. The maximum absolute atomic E-state index is 12.7. The number of nitrogens with zero attached hydrogens (tertiary/aromatic N) is 1. The molecular formula is C18H11NO2. The van der Waals surface area contributed by atoms with Crippen LogP contribution in [0.2, 0.25) is 0 Å². The van der Waals surface area contributed by atoms with E-state index in [1.165, 1.54) is 6.26 Å². The van der Waals surface area contributed by atoms with E-state index in [0.717, 1.165) is 21.9 Å². The molecule has 0 atom stereocenters. The molecule has 2 aromatic carbocycles. The molecule has 4 rings (SSSR count). The van der Waals surface area contributed by atoms with Gasteiger partial charge >= 0.3 is 0 Å². The molecule has 100 valence electrons. The fraction of sp³-hybridized carbons (Fsp3) is 0. The molecule has 0 unspecified atom stereocenters. The predicted octanol–water partition coefficient (Wildman–Crippen LogP) is 4.21. The third kappa shape index (κ3) is 1.91. The fourth-order valence-electron chi connectivity index (χ4n) is 2.53. The van der Waals surface area contributed by atoms with Crippen molar-refractivity contribution < 1.29 is 9.21 Å². The quantitative estimate of drug-likeness (QED) is 0.514. The second-order valence-electron chi connectivity index (χ2n) is 4.89. The Kier molecular flexibility index (Phi) is 2.57. The molecule has 0 bridgehead atoms. The first-order chi connectivity index (χ1) is 10.3. The topological polar surface area (TPSA) is 43.1 Å². The summed E-state index contributed by atoms with van der Waals surface area (Å²) >= 11 is 0. The third-order valence-corrected chi connectivity index (χ3v) is 3.59. The van der Waals surface area contributed by atoms with Crippen molar-refractivity contribution >= 4 is 27.7 Å². The van der Waals surface area contributed by atoms with E-state index in [0.29, 0.717) is 11.1 Å². The normalized spacial score (nSPS) is 11.0. The number of rotatable bonds is 2. The average Bonchev–Trinajstić information content (AvgIpc) is 2.98. The molecule has 0 amide bonds. The lowest BCUT2D eigenvalue weighted by atomic mass is 10.0. The summed E-state index contributed by atoms with van der Waals surface area (Å²) in [6.45, 7) is 0. The van der Waals surface area contributed by atoms with Gasteiger partial charge in [0.15, 0.2) is 5.78 Å². The molecule has 3 nitrogen and oxygen atoms in total. The minimum atomic E-state index is -0.0364. The van der Waals surface area contributed by atoms with Crippen LogP contribution in [0.3, 0.4) is 0 Å². The highest BCUT2D eigenvalue weighted by molar-refractivity contribution is 6.16. The summed E-state index contributed by atoms with van der Waals surface area (Å²) in [5.74, 6) is -0.0364. The molecule has 0 aliphatic rings. The summed E-state index contributed by atoms with van der Waals surface area (Å²) < 4.78 is 5.45. The van der Waals surface area contributed by atoms with E-state index < -0.39 is 0 Å². The molecule has 0 fully saturated rings. The number of ketones is 1. The number of para-hydroxylation sites is 1. The Hall–Kier alpha value is -2.94. The molecule has 0 aliphatic carbocycles. The number of carbonyl (C=O) groups excluding carboxylic acids is 1. The van der Waals surface area contributed by atoms with E-state index in [4.69, 9.17) is 4.42 Å². The minimum Gasteiger partial charge on any atom is -0.464 e. The van der Waals surface area contributed by atoms with Crippen LogP contribution in [0.5, 0.6) is 0 Å². The van der Waals surface area contributed by atoms with E-state index in [-0.39, 0.29) is 5.78 Å². The van der Waals surface area contributed by atoms with Crippen LogP contribution in [0.25, 0.3) is 21.9 Å². The summed E-state index contributed by atoms with van der Waals surface area (Å²) in [6, 6.07) is 16.9. The maximum Gasteiger partial charge on any atom is 0.196 e. The van der Waals surface area contributed by atoms with Gasteiger partial charge in [-0.25, -0.2) is 0 Å². The number of benzene rings is 2. The number of furan rings is 1. The van der Waals surface area contributed by atoms with Gasteiger partial charge in [0.2, 0.25) is 0 Å². The lowest BCUT2D eigenvalue weighted by Gasteiger charge is -2.01. The Balaban J connectivity index is 1.86. The monoisotopic (exact) mass is 273 g/mol. The van der Waals surface area contributed by atoms with E-state index in [2.05, 4.69) is 4.98 Å². The van der Waals surface area contributed by atoms with Crippen LogP contribution in [-0.2, 0) is 0 Å². The van der Waals surface area contributed by atoms with Gasteiger partial charge in [0.25, 0.3) is 0 Å². The molecule has 0 N–H and O–H groups in total. The summed E-state index contributed by atoms with van der Waals surface area (Å²) in [5, 5.41) is 1.80. The summed E-state index contributed by atoms with van der Waals surface area (Å²) in [6.07, 6.45) is 3.27. The van der Waals surface area contributed by atoms with Crippen molar-refractivity contribution in [2.75, 3.05) is 0 Å². The molecule has 2 aromatic heterocycles. The van der Waals surface area contributed by atoms with Gasteiger partial charge in [-0.3, -0.25) is 9.78 Å². The Morgan fingerprint density at radius 1 is 1.00 bits per heavy atom. The lowest BCUT2D eigenvalue weighted by molar-refractivity contribution is 0.103. The van der Waals surface area contributed by atoms with Crippen LogP contribution in [0.1, 0.15) is 15.9 Å². The first kappa shape index (κ1) is 11.9. The van der Waals surface area contributed by atoms with Crippen molar-refractivity contribution in [1.29, 1.82) is 0 Å². The minimum absolute atomic E-state index is 0.0364. The number of hydrogen-bond acceptors (Lipinski definition) is 3. The highest BCUT2D eigenvalue weighted by Gasteiger charge is 2.15. The molecule has 0 saturated carbocycles. The SMILES string of the molecule is O=C(c1ccc2ncccc2c1)c1coc2ccccc12. The van der Waals surface area contributed by atoms with Crippen molar-refractivity contribution in [3.63, 3.8) is 0 Å². The number of aromatic nitrogens is 1. The molecule has 0 aliphatic heterocycles. The molecule has 0 saturated heterocycles. The van der Waals surface area contributed by atoms with Crippen LogP contribution in [0.4, 0.5) is 0 Å². The van der Waals surface area contributed by atoms with E-state index in [1.807, 2.05) is 48.5 Å². The van der Waals surface area contributed by atoms with Gasteiger partial charge in [0.1, 0.15) is 11.8 Å². The molecule has 2 heterocycles. The lowest BCUT2D eigenvalue weighted by Crippen LogP contribution is -2.00. The molecule has 0 spiro atoms. The summed E-state index contributed by atoms with van der Waals surface area (Å²) in [5.41, 5.74) is 2.84. The third-order valence-electron chi connectivity index (χ3n) is 3.59. The number of fused-ring (bicyclic) bond motifs is 2. The first-order valence-electron chi connectivity index (χ1n) is 6.69. The van der Waals surface area contributed by atoms with Crippen LogP contribution in [0.15, 0.2) is 71.5 Å². The zero-order chi connectivity index (χ0) is 14.2. The van der Waals surface area contributed by atoms with Gasteiger partial charge in [-0.15, -0.1) is 0 Å². The number of pyridine rings is 1. The van der Waals surface area contributed by atoms with Gasteiger partial charge in [-0.2, -0.15) is 0 Å². The zero-order valence-corrected chi connectivity index (χ0v) is 11.1. The number of hydrogen-bond donors (Lipinski definition) is 0. The van der Waals surface area contributed by atoms with Crippen molar-refractivity contribution in [3.8, 4) is 0 Å². The molecular weight excluding hydrogens is 262 g/mol. The second-order valence-corrected chi connectivity index (χ2v) is 4.89. The van der Waals surface area contributed by atoms with Crippen molar-refractivity contribution in [2.45, 2.75) is 0 Å². The van der Waals surface area contributed by atoms with Gasteiger partial charge in [-0.05, 0) is 30.3 Å².